The van der Waals surface area contributed by atoms with Crippen LogP contribution in [0.3, 0.4) is 0 Å². The number of rotatable bonds is 5. The molecule has 3 unspecified atom stereocenters. The van der Waals surface area contributed by atoms with E-state index in [1.165, 1.54) is 0 Å². The molecule has 3 atom stereocenters. The lowest BCUT2D eigenvalue weighted by atomic mass is 9.77. The standard InChI is InChI=1S/C16H30N2O3/c1-4-13-11-21-9-8-18(13)14-6-5-7-16(10-14,15(19)20)17-12(2)3/h12-14,17H,4-11H2,1-3H3,(H,19,20). The fourth-order valence-electron chi connectivity index (χ4n) is 3.97. The summed E-state index contributed by atoms with van der Waals surface area (Å²) in [5.74, 6) is -0.692. The minimum Gasteiger partial charge on any atom is -0.480 e. The Morgan fingerprint density at radius 3 is 2.90 bits per heavy atom. The zero-order valence-corrected chi connectivity index (χ0v) is 13.6. The molecule has 5 heteroatoms. The Hall–Kier alpha value is -0.650. The van der Waals surface area contributed by atoms with Gasteiger partial charge in [-0.1, -0.05) is 6.92 Å². The van der Waals surface area contributed by atoms with E-state index in [2.05, 4.69) is 17.1 Å². The van der Waals surface area contributed by atoms with Crippen LogP contribution >= 0.6 is 0 Å². The second kappa shape index (κ2) is 7.07. The molecule has 122 valence electrons. The van der Waals surface area contributed by atoms with E-state index >= 15 is 0 Å². The van der Waals surface area contributed by atoms with Crippen molar-refractivity contribution in [1.82, 2.24) is 10.2 Å². The van der Waals surface area contributed by atoms with Gasteiger partial charge in [-0.3, -0.25) is 15.0 Å². The Labute approximate surface area is 128 Å². The summed E-state index contributed by atoms with van der Waals surface area (Å²) >= 11 is 0. The van der Waals surface area contributed by atoms with Crippen molar-refractivity contribution in [2.75, 3.05) is 19.8 Å². The predicted octanol–water partition coefficient (Wildman–Crippen LogP) is 1.86. The number of hydrogen-bond donors (Lipinski definition) is 2. The zero-order valence-electron chi connectivity index (χ0n) is 13.6. The summed E-state index contributed by atoms with van der Waals surface area (Å²) in [4.78, 5) is 14.4. The highest BCUT2D eigenvalue weighted by atomic mass is 16.5. The van der Waals surface area contributed by atoms with Gasteiger partial charge in [-0.15, -0.1) is 0 Å². The van der Waals surface area contributed by atoms with Gasteiger partial charge >= 0.3 is 5.97 Å². The lowest BCUT2D eigenvalue weighted by Crippen LogP contribution is -2.62. The van der Waals surface area contributed by atoms with Crippen LogP contribution in [0, 0.1) is 0 Å². The number of hydrogen-bond acceptors (Lipinski definition) is 4. The van der Waals surface area contributed by atoms with Gasteiger partial charge in [0, 0.05) is 24.7 Å². The summed E-state index contributed by atoms with van der Waals surface area (Å²) in [5.41, 5.74) is -0.756. The van der Waals surface area contributed by atoms with Gasteiger partial charge in [-0.2, -0.15) is 0 Å². The first kappa shape index (κ1) is 16.7. The Morgan fingerprint density at radius 2 is 2.29 bits per heavy atom. The SMILES string of the molecule is CCC1COCCN1C1CCCC(NC(C)C)(C(=O)O)C1. The maximum Gasteiger partial charge on any atom is 0.323 e. The summed E-state index contributed by atoms with van der Waals surface area (Å²) in [7, 11) is 0. The molecule has 1 aliphatic carbocycles. The van der Waals surface area contributed by atoms with Crippen LogP contribution in [0.25, 0.3) is 0 Å². The number of nitrogens with zero attached hydrogens (tertiary/aromatic N) is 1. The molecular formula is C16H30N2O3. The molecule has 21 heavy (non-hydrogen) atoms. The van der Waals surface area contributed by atoms with Gasteiger partial charge in [0.1, 0.15) is 5.54 Å². The quantitative estimate of drug-likeness (QED) is 0.811. The third-order valence-corrected chi connectivity index (χ3v) is 4.91. The number of nitrogens with one attached hydrogen (secondary N) is 1. The molecule has 0 aromatic heterocycles. The minimum absolute atomic E-state index is 0.187. The fourth-order valence-corrected chi connectivity index (χ4v) is 3.97. The van der Waals surface area contributed by atoms with Crippen LogP contribution in [0.2, 0.25) is 0 Å². The third kappa shape index (κ3) is 3.76. The summed E-state index contributed by atoms with van der Waals surface area (Å²) in [6.07, 6.45) is 4.58. The first-order valence-electron chi connectivity index (χ1n) is 8.33. The van der Waals surface area contributed by atoms with Crippen molar-refractivity contribution in [3.05, 3.63) is 0 Å². The second-order valence-electron chi connectivity index (χ2n) is 6.81. The molecule has 1 saturated heterocycles. The number of carbonyl (C=O) groups is 1. The Balaban J connectivity index is 2.12. The van der Waals surface area contributed by atoms with E-state index in [0.29, 0.717) is 18.5 Å². The first-order valence-corrected chi connectivity index (χ1v) is 8.33. The third-order valence-electron chi connectivity index (χ3n) is 4.91. The molecule has 2 N–H and O–H groups in total. The van der Waals surface area contributed by atoms with Crippen LogP contribution in [0.1, 0.15) is 52.9 Å². The van der Waals surface area contributed by atoms with Crippen LogP contribution in [0.5, 0.6) is 0 Å². The van der Waals surface area contributed by atoms with Crippen molar-refractivity contribution in [2.45, 2.75) is 76.5 Å². The van der Waals surface area contributed by atoms with E-state index in [1.54, 1.807) is 0 Å². The van der Waals surface area contributed by atoms with Gasteiger partial charge in [0.15, 0.2) is 0 Å². The molecule has 2 rings (SSSR count). The maximum absolute atomic E-state index is 11.9. The highest BCUT2D eigenvalue weighted by Gasteiger charge is 2.45. The number of ether oxygens (including phenoxy) is 1. The van der Waals surface area contributed by atoms with E-state index in [-0.39, 0.29) is 6.04 Å². The molecule has 0 radical (unpaired) electrons. The van der Waals surface area contributed by atoms with Gasteiger partial charge in [0.2, 0.25) is 0 Å². The van der Waals surface area contributed by atoms with E-state index in [0.717, 1.165) is 45.4 Å². The second-order valence-corrected chi connectivity index (χ2v) is 6.81. The van der Waals surface area contributed by atoms with E-state index in [1.807, 2.05) is 13.8 Å². The van der Waals surface area contributed by atoms with Crippen LogP contribution in [-0.4, -0.2) is 59.4 Å². The summed E-state index contributed by atoms with van der Waals surface area (Å²) in [5, 5.41) is 13.1. The molecule has 5 nitrogen and oxygen atoms in total. The average molecular weight is 298 g/mol. The van der Waals surface area contributed by atoms with Gasteiger partial charge < -0.3 is 9.84 Å². The number of carboxylic acid groups (broad SMARTS) is 1. The lowest BCUT2D eigenvalue weighted by molar-refractivity contribution is -0.148. The Kier molecular flexibility index (Phi) is 5.63. The molecule has 1 saturated carbocycles. The van der Waals surface area contributed by atoms with Crippen LogP contribution < -0.4 is 5.32 Å². The van der Waals surface area contributed by atoms with Gasteiger partial charge in [0.05, 0.1) is 13.2 Å². The Morgan fingerprint density at radius 1 is 1.52 bits per heavy atom. The maximum atomic E-state index is 11.9. The van der Waals surface area contributed by atoms with Crippen LogP contribution in [-0.2, 0) is 9.53 Å². The highest BCUT2D eigenvalue weighted by molar-refractivity contribution is 5.79. The monoisotopic (exact) mass is 298 g/mol. The van der Waals surface area contributed by atoms with Crippen molar-refractivity contribution in [2.24, 2.45) is 0 Å². The predicted molar refractivity (Wildman–Crippen MR) is 82.5 cm³/mol. The minimum atomic E-state index is -0.756. The summed E-state index contributed by atoms with van der Waals surface area (Å²) in [6, 6.07) is 0.980. The number of carboxylic acids is 1. The smallest absolute Gasteiger partial charge is 0.323 e. The molecule has 0 spiro atoms. The van der Waals surface area contributed by atoms with E-state index < -0.39 is 11.5 Å². The molecule has 0 bridgehead atoms. The summed E-state index contributed by atoms with van der Waals surface area (Å²) in [6.45, 7) is 8.72. The van der Waals surface area contributed by atoms with E-state index in [9.17, 15) is 9.90 Å². The molecule has 2 aliphatic rings. The first-order chi connectivity index (χ1) is 9.98. The number of morpholine rings is 1. The largest absolute Gasteiger partial charge is 0.480 e. The molecule has 0 aromatic carbocycles. The van der Waals surface area contributed by atoms with Gasteiger partial charge in [0.25, 0.3) is 0 Å². The van der Waals surface area contributed by atoms with Crippen molar-refractivity contribution in [3.8, 4) is 0 Å². The lowest BCUT2D eigenvalue weighted by Gasteiger charge is -2.47. The molecule has 2 fully saturated rings. The highest BCUT2D eigenvalue weighted by Crippen LogP contribution is 2.34. The normalized spacial score (nSPS) is 35.0. The molecule has 1 aliphatic heterocycles. The average Bonchev–Trinajstić information content (AvgIpc) is 2.46. The topological polar surface area (TPSA) is 61.8 Å². The summed E-state index contributed by atoms with van der Waals surface area (Å²) < 4.78 is 5.58. The van der Waals surface area contributed by atoms with Crippen LogP contribution in [0.4, 0.5) is 0 Å². The molecule has 1 heterocycles. The van der Waals surface area contributed by atoms with E-state index in [4.69, 9.17) is 4.74 Å². The molecule has 0 aromatic rings. The zero-order chi connectivity index (χ0) is 15.5. The fraction of sp³-hybridized carbons (Fsp3) is 0.938. The number of aliphatic carboxylic acids is 1. The molecular weight excluding hydrogens is 268 g/mol. The van der Waals surface area contributed by atoms with Crippen molar-refractivity contribution in [3.63, 3.8) is 0 Å². The van der Waals surface area contributed by atoms with Crippen molar-refractivity contribution < 1.29 is 14.6 Å². The van der Waals surface area contributed by atoms with Crippen LogP contribution in [0.15, 0.2) is 0 Å². The van der Waals surface area contributed by atoms with Crippen molar-refractivity contribution in [1.29, 1.82) is 0 Å². The van der Waals surface area contributed by atoms with Gasteiger partial charge in [-0.25, -0.2) is 0 Å². The molecule has 0 amide bonds. The van der Waals surface area contributed by atoms with Gasteiger partial charge in [-0.05, 0) is 46.0 Å². The van der Waals surface area contributed by atoms with Crippen molar-refractivity contribution >= 4 is 5.97 Å². The Bertz CT molecular complexity index is 361.